The van der Waals surface area contributed by atoms with Gasteiger partial charge in [-0.1, -0.05) is 0 Å². The summed E-state index contributed by atoms with van der Waals surface area (Å²) in [6, 6.07) is 0. The van der Waals surface area contributed by atoms with E-state index in [9.17, 15) is 17.6 Å². The molecule has 0 heterocycles. The van der Waals surface area contributed by atoms with Crippen LogP contribution in [0.25, 0.3) is 0 Å². The van der Waals surface area contributed by atoms with E-state index in [1.165, 1.54) is 0 Å². The van der Waals surface area contributed by atoms with Crippen molar-refractivity contribution in [2.75, 3.05) is 5.94 Å². The Hall–Kier alpha value is -0.360. The largest absolute Gasteiger partial charge is 0.437 e. The van der Waals surface area contributed by atoms with E-state index in [0.717, 1.165) is 6.92 Å². The summed E-state index contributed by atoms with van der Waals surface area (Å²) in [7, 11) is -3.99. The van der Waals surface area contributed by atoms with Crippen LogP contribution in [0.5, 0.6) is 0 Å². The minimum atomic E-state index is -3.99. The van der Waals surface area contributed by atoms with Gasteiger partial charge in [0, 0.05) is 11.6 Å². The van der Waals surface area contributed by atoms with Crippen LogP contribution >= 0.6 is 11.6 Å². The molecular formula is C4H6ClFO4S. The Balaban J connectivity index is 4.05. The molecule has 11 heavy (non-hydrogen) atoms. The molecule has 66 valence electrons. The van der Waals surface area contributed by atoms with Gasteiger partial charge in [-0.25, -0.2) is 17.6 Å². The van der Waals surface area contributed by atoms with Gasteiger partial charge in [0.25, 0.3) is 0 Å². The van der Waals surface area contributed by atoms with Crippen molar-refractivity contribution < 1.29 is 22.3 Å². The molecule has 0 saturated heterocycles. The first-order chi connectivity index (χ1) is 4.86. The van der Waals surface area contributed by atoms with Crippen molar-refractivity contribution in [3.8, 4) is 0 Å². The topological polar surface area (TPSA) is 60.4 Å². The molecule has 1 atom stereocenters. The van der Waals surface area contributed by atoms with Crippen molar-refractivity contribution in [3.63, 3.8) is 0 Å². The molecule has 0 aliphatic carbocycles. The number of sulfone groups is 1. The normalized spacial score (nSPS) is 14.1. The number of carbonyl (C=O) groups is 1. The summed E-state index contributed by atoms with van der Waals surface area (Å²) >= 11 is 4.64. The van der Waals surface area contributed by atoms with Crippen molar-refractivity contribution in [2.45, 2.75) is 12.4 Å². The second kappa shape index (κ2) is 3.87. The second-order valence-electron chi connectivity index (χ2n) is 1.71. The third kappa shape index (κ3) is 4.15. The molecule has 0 radical (unpaired) electrons. The molecule has 0 aliphatic heterocycles. The van der Waals surface area contributed by atoms with Crippen LogP contribution in [0.1, 0.15) is 6.92 Å². The van der Waals surface area contributed by atoms with Gasteiger partial charge in [0.2, 0.25) is 15.3 Å². The molecule has 0 aliphatic rings. The third-order valence-corrected chi connectivity index (χ3v) is 2.38. The van der Waals surface area contributed by atoms with E-state index < -0.39 is 26.7 Å². The zero-order chi connectivity index (χ0) is 9.07. The van der Waals surface area contributed by atoms with Gasteiger partial charge < -0.3 is 4.74 Å². The monoisotopic (exact) mass is 204 g/mol. The molecule has 4 nitrogen and oxygen atoms in total. The second-order valence-corrected chi connectivity index (χ2v) is 4.23. The Bertz CT molecular complexity index is 234. The van der Waals surface area contributed by atoms with E-state index in [-0.39, 0.29) is 0 Å². The Labute approximate surface area is 68.2 Å². The molecule has 0 aromatic heterocycles. The zero-order valence-corrected chi connectivity index (χ0v) is 7.15. The minimum absolute atomic E-state index is 0.831. The summed E-state index contributed by atoms with van der Waals surface area (Å²) in [4.78, 5) is 9.87. The zero-order valence-electron chi connectivity index (χ0n) is 5.58. The smallest absolute Gasteiger partial charge is 0.404 e. The van der Waals surface area contributed by atoms with Gasteiger partial charge in [-0.2, -0.15) is 0 Å². The average molecular weight is 205 g/mol. The standard InChI is InChI=1S/C4H6ClFO4S/c1-3(6)11(8,9)2-10-4(5)7/h3H,2H2,1H3. The van der Waals surface area contributed by atoms with E-state index in [1.54, 1.807) is 0 Å². The Morgan fingerprint density at radius 1 is 1.73 bits per heavy atom. The van der Waals surface area contributed by atoms with E-state index in [4.69, 9.17) is 0 Å². The Kier molecular flexibility index (Phi) is 3.74. The molecule has 0 fully saturated rings. The van der Waals surface area contributed by atoms with Gasteiger partial charge >= 0.3 is 5.43 Å². The van der Waals surface area contributed by atoms with Crippen LogP contribution in [0.2, 0.25) is 0 Å². The summed E-state index contributed by atoms with van der Waals surface area (Å²) in [6.45, 7) is 0.831. The van der Waals surface area contributed by atoms with Crippen molar-refractivity contribution >= 4 is 26.9 Å². The fourth-order valence-corrected chi connectivity index (χ4v) is 0.800. The summed E-state index contributed by atoms with van der Waals surface area (Å²) in [5.74, 6) is -1.02. The van der Waals surface area contributed by atoms with E-state index in [1.807, 2.05) is 0 Å². The first kappa shape index (κ1) is 10.6. The SMILES string of the molecule is CC(F)S(=O)(=O)COC(=O)Cl. The number of halogens is 2. The van der Waals surface area contributed by atoms with Gasteiger partial charge in [-0.15, -0.1) is 0 Å². The van der Waals surface area contributed by atoms with Gasteiger partial charge in [0.05, 0.1) is 0 Å². The molecule has 0 rings (SSSR count). The van der Waals surface area contributed by atoms with Crippen LogP contribution in [0.3, 0.4) is 0 Å². The number of hydrogen-bond donors (Lipinski definition) is 0. The molecule has 0 amide bonds. The molecule has 0 bridgehead atoms. The predicted molar refractivity (Wildman–Crippen MR) is 36.7 cm³/mol. The average Bonchev–Trinajstić information content (AvgIpc) is 1.84. The van der Waals surface area contributed by atoms with Gasteiger partial charge in [0.1, 0.15) is 0 Å². The number of alkyl halides is 1. The fraction of sp³-hybridized carbons (Fsp3) is 0.750. The van der Waals surface area contributed by atoms with Crippen molar-refractivity contribution in [3.05, 3.63) is 0 Å². The lowest BCUT2D eigenvalue weighted by molar-refractivity contribution is 0.190. The van der Waals surface area contributed by atoms with Crippen LogP contribution in [-0.4, -0.2) is 25.3 Å². The highest BCUT2D eigenvalue weighted by Gasteiger charge is 2.21. The maximum Gasteiger partial charge on any atom is 0.404 e. The van der Waals surface area contributed by atoms with Crippen molar-refractivity contribution in [1.29, 1.82) is 0 Å². The van der Waals surface area contributed by atoms with Crippen LogP contribution in [0.15, 0.2) is 0 Å². The first-order valence-electron chi connectivity index (χ1n) is 2.54. The third-order valence-electron chi connectivity index (χ3n) is 0.832. The van der Waals surface area contributed by atoms with E-state index in [0.29, 0.717) is 0 Å². The van der Waals surface area contributed by atoms with Crippen LogP contribution in [-0.2, 0) is 14.6 Å². The van der Waals surface area contributed by atoms with Gasteiger partial charge in [-0.3, -0.25) is 0 Å². The molecule has 0 N–H and O–H groups in total. The molecular weight excluding hydrogens is 199 g/mol. The minimum Gasteiger partial charge on any atom is -0.437 e. The first-order valence-corrected chi connectivity index (χ1v) is 4.63. The highest BCUT2D eigenvalue weighted by molar-refractivity contribution is 7.91. The molecule has 1 unspecified atom stereocenters. The lowest BCUT2D eigenvalue weighted by Gasteiger charge is -2.02. The van der Waals surface area contributed by atoms with Crippen LogP contribution in [0.4, 0.5) is 9.18 Å². The molecule has 0 aromatic carbocycles. The predicted octanol–water partition coefficient (Wildman–Crippen LogP) is 1.05. The highest BCUT2D eigenvalue weighted by Crippen LogP contribution is 2.04. The quantitative estimate of drug-likeness (QED) is 0.645. The lowest BCUT2D eigenvalue weighted by Crippen LogP contribution is -2.19. The van der Waals surface area contributed by atoms with Gasteiger partial charge in [0.15, 0.2) is 5.94 Å². The van der Waals surface area contributed by atoms with Crippen LogP contribution in [0, 0.1) is 0 Å². The summed E-state index contributed by atoms with van der Waals surface area (Å²) in [6.07, 6.45) is 0. The van der Waals surface area contributed by atoms with E-state index in [2.05, 4.69) is 16.3 Å². The fourth-order valence-electron chi connectivity index (χ4n) is 0.222. The van der Waals surface area contributed by atoms with Crippen molar-refractivity contribution in [1.82, 2.24) is 0 Å². The van der Waals surface area contributed by atoms with Crippen LogP contribution < -0.4 is 0 Å². The number of hydrogen-bond acceptors (Lipinski definition) is 4. The summed E-state index contributed by atoms with van der Waals surface area (Å²) in [5, 5.41) is 0. The van der Waals surface area contributed by atoms with E-state index >= 15 is 0 Å². The Morgan fingerprint density at radius 2 is 2.18 bits per heavy atom. The number of rotatable bonds is 3. The molecule has 0 aromatic rings. The summed E-state index contributed by atoms with van der Waals surface area (Å²) in [5.41, 5.74) is -3.33. The lowest BCUT2D eigenvalue weighted by atomic mass is 10.9. The number of carbonyl (C=O) groups excluding carboxylic acids is 1. The Morgan fingerprint density at radius 3 is 2.45 bits per heavy atom. The highest BCUT2D eigenvalue weighted by atomic mass is 35.5. The molecule has 0 spiro atoms. The summed E-state index contributed by atoms with van der Waals surface area (Å²) < 4.78 is 37.0. The number of ether oxygens (including phenoxy) is 1. The van der Waals surface area contributed by atoms with Gasteiger partial charge in [-0.05, 0) is 6.92 Å². The maximum atomic E-state index is 12.1. The molecule has 0 saturated carbocycles. The maximum absolute atomic E-state index is 12.1. The molecule has 7 heteroatoms. The van der Waals surface area contributed by atoms with Crippen molar-refractivity contribution in [2.24, 2.45) is 0 Å².